The Kier molecular flexibility index (Phi) is 2.22. The molecule has 4 heteroatoms. The Morgan fingerprint density at radius 3 is 2.83 bits per heavy atom. The second kappa shape index (κ2) is 3.08. The highest BCUT2D eigenvalue weighted by atomic mass is 127. The number of halogens is 1. The van der Waals surface area contributed by atoms with E-state index in [1.54, 1.807) is 11.3 Å². The van der Waals surface area contributed by atoms with E-state index >= 15 is 0 Å². The van der Waals surface area contributed by atoms with Crippen LogP contribution >= 0.6 is 46.6 Å². The van der Waals surface area contributed by atoms with Crippen molar-refractivity contribution in [2.45, 2.75) is 4.90 Å². The molecule has 2 aromatic rings. The van der Waals surface area contributed by atoms with Gasteiger partial charge in [-0.25, -0.2) is 0 Å². The first-order chi connectivity index (χ1) is 5.66. The third-order valence-corrected chi connectivity index (χ3v) is 3.50. The Bertz CT molecular complexity index is 436. The topological polar surface area (TPSA) is 26.0 Å². The van der Waals surface area contributed by atoms with E-state index in [2.05, 4.69) is 41.3 Å². The van der Waals surface area contributed by atoms with Crippen molar-refractivity contribution in [1.82, 2.24) is 0 Å². The molecular formula is C8H6INS2. The number of hydrogen-bond donors (Lipinski definition) is 2. The molecule has 1 heterocycles. The summed E-state index contributed by atoms with van der Waals surface area (Å²) in [6, 6.07) is 6.13. The minimum Gasteiger partial charge on any atom is -0.391 e. The second-order valence-electron chi connectivity index (χ2n) is 2.49. The lowest BCUT2D eigenvalue weighted by molar-refractivity contribution is 1.55. The summed E-state index contributed by atoms with van der Waals surface area (Å²) in [5, 5.41) is 2.00. The highest BCUT2D eigenvalue weighted by Crippen LogP contribution is 2.33. The molecule has 1 aromatic carbocycles. The standard InChI is InChI=1S/C8H6INS2/c9-4-1-6(11)5-3-8(10)12-7(5)2-4/h1-3,11H,10H2. The molecule has 0 unspecified atom stereocenters. The first-order valence-electron chi connectivity index (χ1n) is 3.34. The Hall–Kier alpha value is 0.0600. The molecule has 1 nitrogen and oxygen atoms in total. The van der Waals surface area contributed by atoms with Crippen molar-refractivity contribution in [3.8, 4) is 0 Å². The van der Waals surface area contributed by atoms with Gasteiger partial charge in [-0.3, -0.25) is 0 Å². The molecule has 0 aliphatic heterocycles. The van der Waals surface area contributed by atoms with Crippen molar-refractivity contribution in [3.63, 3.8) is 0 Å². The van der Waals surface area contributed by atoms with Crippen LogP contribution in [0.4, 0.5) is 5.00 Å². The van der Waals surface area contributed by atoms with Gasteiger partial charge in [-0.1, -0.05) is 0 Å². The molecule has 2 rings (SSSR count). The number of fused-ring (bicyclic) bond motifs is 1. The zero-order valence-electron chi connectivity index (χ0n) is 6.04. The van der Waals surface area contributed by atoms with Crippen LogP contribution in [0.25, 0.3) is 10.1 Å². The largest absolute Gasteiger partial charge is 0.391 e. The van der Waals surface area contributed by atoms with Crippen LogP contribution in [-0.4, -0.2) is 0 Å². The van der Waals surface area contributed by atoms with Crippen molar-refractivity contribution in [3.05, 3.63) is 21.8 Å². The zero-order chi connectivity index (χ0) is 8.72. The lowest BCUT2D eigenvalue weighted by Crippen LogP contribution is -1.73. The van der Waals surface area contributed by atoms with Gasteiger partial charge >= 0.3 is 0 Å². The Balaban J connectivity index is 2.88. The number of hydrogen-bond acceptors (Lipinski definition) is 3. The fourth-order valence-corrected chi connectivity index (χ4v) is 3.48. The molecule has 1 aromatic heterocycles. The molecule has 0 saturated heterocycles. The number of thiophene rings is 1. The van der Waals surface area contributed by atoms with Crippen LogP contribution in [0.5, 0.6) is 0 Å². The fraction of sp³-hybridized carbons (Fsp3) is 0. The summed E-state index contributed by atoms with van der Waals surface area (Å²) < 4.78 is 2.41. The number of benzene rings is 1. The average Bonchev–Trinajstić information content (AvgIpc) is 2.29. The van der Waals surface area contributed by atoms with E-state index < -0.39 is 0 Å². The van der Waals surface area contributed by atoms with Crippen LogP contribution in [0.2, 0.25) is 0 Å². The van der Waals surface area contributed by atoms with E-state index in [1.807, 2.05) is 12.1 Å². The summed E-state index contributed by atoms with van der Waals surface area (Å²) in [4.78, 5) is 1.00. The van der Waals surface area contributed by atoms with Gasteiger partial charge in [0.2, 0.25) is 0 Å². The molecule has 0 bridgehead atoms. The van der Waals surface area contributed by atoms with Gasteiger partial charge in [-0.05, 0) is 40.8 Å². The highest BCUT2D eigenvalue weighted by Gasteiger charge is 2.03. The molecule has 2 N–H and O–H groups in total. The van der Waals surface area contributed by atoms with E-state index in [-0.39, 0.29) is 0 Å². The smallest absolute Gasteiger partial charge is 0.0869 e. The van der Waals surface area contributed by atoms with Crippen molar-refractivity contribution in [2.75, 3.05) is 5.73 Å². The number of nitrogen functional groups attached to an aromatic ring is 1. The van der Waals surface area contributed by atoms with Gasteiger partial charge in [0.15, 0.2) is 0 Å². The SMILES string of the molecule is Nc1cc2c(S)cc(I)cc2s1. The van der Waals surface area contributed by atoms with Crippen molar-refractivity contribution in [1.29, 1.82) is 0 Å². The number of thiol groups is 1. The van der Waals surface area contributed by atoms with Gasteiger partial charge in [0.1, 0.15) is 0 Å². The van der Waals surface area contributed by atoms with E-state index in [9.17, 15) is 0 Å². The molecule has 0 amide bonds. The van der Waals surface area contributed by atoms with Crippen LogP contribution < -0.4 is 5.73 Å². The second-order valence-corrected chi connectivity index (χ2v) is 5.33. The predicted molar refractivity (Wildman–Crippen MR) is 66.2 cm³/mol. The van der Waals surface area contributed by atoms with Crippen molar-refractivity contribution in [2.24, 2.45) is 0 Å². The average molecular weight is 307 g/mol. The third-order valence-electron chi connectivity index (χ3n) is 1.60. The monoisotopic (exact) mass is 307 g/mol. The van der Waals surface area contributed by atoms with Gasteiger partial charge in [-0.2, -0.15) is 0 Å². The maximum absolute atomic E-state index is 5.69. The van der Waals surface area contributed by atoms with Gasteiger partial charge in [0.05, 0.1) is 5.00 Å². The third kappa shape index (κ3) is 1.43. The normalized spacial score (nSPS) is 10.8. The van der Waals surface area contributed by atoms with E-state index in [4.69, 9.17) is 5.73 Å². The zero-order valence-corrected chi connectivity index (χ0v) is 9.91. The number of rotatable bonds is 0. The number of nitrogens with two attached hydrogens (primary N) is 1. The quantitative estimate of drug-likeness (QED) is 0.566. The van der Waals surface area contributed by atoms with Gasteiger partial charge in [0.25, 0.3) is 0 Å². The molecule has 0 fully saturated rings. The predicted octanol–water partition coefficient (Wildman–Crippen LogP) is 3.38. The minimum absolute atomic E-state index is 0.849. The summed E-state index contributed by atoms with van der Waals surface area (Å²) in [6.07, 6.45) is 0. The molecule has 12 heavy (non-hydrogen) atoms. The Morgan fingerprint density at radius 1 is 1.33 bits per heavy atom. The Morgan fingerprint density at radius 2 is 2.08 bits per heavy atom. The van der Waals surface area contributed by atoms with Crippen molar-refractivity contribution < 1.29 is 0 Å². The molecule has 0 atom stereocenters. The first-order valence-corrected chi connectivity index (χ1v) is 5.68. The first kappa shape index (κ1) is 8.65. The molecule has 0 spiro atoms. The van der Waals surface area contributed by atoms with Crippen LogP contribution in [0.3, 0.4) is 0 Å². The summed E-state index contributed by atoms with van der Waals surface area (Å²) in [6.45, 7) is 0. The molecule has 0 aliphatic carbocycles. The molecule has 0 aliphatic rings. The van der Waals surface area contributed by atoms with E-state index in [1.165, 1.54) is 8.27 Å². The molecular weight excluding hydrogens is 301 g/mol. The maximum Gasteiger partial charge on any atom is 0.0869 e. The van der Waals surface area contributed by atoms with Gasteiger partial charge < -0.3 is 5.73 Å². The number of anilines is 1. The van der Waals surface area contributed by atoms with Crippen LogP contribution in [0.15, 0.2) is 23.1 Å². The lowest BCUT2D eigenvalue weighted by atomic mass is 10.3. The van der Waals surface area contributed by atoms with Crippen LogP contribution in [0, 0.1) is 3.57 Å². The molecule has 0 radical (unpaired) electrons. The maximum atomic E-state index is 5.69. The summed E-state index contributed by atoms with van der Waals surface area (Å²) in [7, 11) is 0. The molecule has 62 valence electrons. The van der Waals surface area contributed by atoms with Crippen LogP contribution in [0.1, 0.15) is 0 Å². The van der Waals surface area contributed by atoms with Gasteiger partial charge in [-0.15, -0.1) is 24.0 Å². The van der Waals surface area contributed by atoms with Gasteiger partial charge in [0, 0.05) is 18.6 Å². The minimum atomic E-state index is 0.849. The molecule has 0 saturated carbocycles. The van der Waals surface area contributed by atoms with E-state index in [0.717, 1.165) is 15.3 Å². The van der Waals surface area contributed by atoms with E-state index in [0.29, 0.717) is 0 Å². The fourth-order valence-electron chi connectivity index (χ4n) is 1.11. The van der Waals surface area contributed by atoms with Crippen LogP contribution in [-0.2, 0) is 0 Å². The van der Waals surface area contributed by atoms with Crippen molar-refractivity contribution >= 4 is 61.6 Å². The lowest BCUT2D eigenvalue weighted by Gasteiger charge is -1.95. The highest BCUT2D eigenvalue weighted by molar-refractivity contribution is 14.1. The Labute approximate surface area is 93.5 Å². The summed E-state index contributed by atoms with van der Waals surface area (Å²) >= 11 is 8.26. The summed E-state index contributed by atoms with van der Waals surface area (Å²) in [5.74, 6) is 0. The summed E-state index contributed by atoms with van der Waals surface area (Å²) in [5.41, 5.74) is 5.69.